The average Bonchev–Trinajstić information content (AvgIpc) is 3.39. The van der Waals surface area contributed by atoms with Crippen molar-refractivity contribution in [3.63, 3.8) is 0 Å². The second-order valence-electron chi connectivity index (χ2n) is 13.4. The van der Waals surface area contributed by atoms with Crippen LogP contribution in [0.1, 0.15) is 47.1 Å². The van der Waals surface area contributed by atoms with Crippen molar-refractivity contribution in [2.45, 2.75) is 67.4 Å². The molecule has 1 N–H and O–H groups in total. The molecule has 46 heavy (non-hydrogen) atoms. The molecular formula is C37H38F3N3O3. The number of likely N-dealkylation sites (tertiary alicyclic amines) is 1. The van der Waals surface area contributed by atoms with Crippen molar-refractivity contribution >= 4 is 5.91 Å². The quantitative estimate of drug-likeness (QED) is 0.391. The van der Waals surface area contributed by atoms with Gasteiger partial charge in [0.05, 0.1) is 17.0 Å². The van der Waals surface area contributed by atoms with Gasteiger partial charge in [0.1, 0.15) is 6.10 Å². The Kier molecular flexibility index (Phi) is 7.37. The van der Waals surface area contributed by atoms with Crippen molar-refractivity contribution in [1.29, 1.82) is 0 Å². The SMILES string of the molecule is CN(C(=O)C#Cc1ccc(C(F)(F)F)cc1)[C@H]1CC[C@@]2(N(C)C)[C@H]3Cc4ccc(O)c5c4[C@@]2(CCN3CCc2ccccc2)[C@H]1O5. The summed E-state index contributed by atoms with van der Waals surface area (Å²) in [5.41, 5.74) is 2.43. The number of benzene rings is 3. The fourth-order valence-electron chi connectivity index (χ4n) is 9.21. The van der Waals surface area contributed by atoms with Crippen LogP contribution in [0.25, 0.3) is 0 Å². The predicted molar refractivity (Wildman–Crippen MR) is 169 cm³/mol. The van der Waals surface area contributed by atoms with Crippen LogP contribution in [0.4, 0.5) is 13.2 Å². The second kappa shape index (κ2) is 11.1. The molecule has 0 unspecified atom stereocenters. The summed E-state index contributed by atoms with van der Waals surface area (Å²) in [7, 11) is 6.04. The summed E-state index contributed by atoms with van der Waals surface area (Å²) in [6.07, 6.45) is -0.693. The number of piperidine rings is 1. The minimum Gasteiger partial charge on any atom is -0.504 e. The van der Waals surface area contributed by atoms with Crippen molar-refractivity contribution in [1.82, 2.24) is 14.7 Å². The number of rotatable bonds is 5. The van der Waals surface area contributed by atoms with Gasteiger partial charge in [0.15, 0.2) is 11.5 Å². The van der Waals surface area contributed by atoms with Gasteiger partial charge in [0.2, 0.25) is 0 Å². The Bertz CT molecular complexity index is 1720. The van der Waals surface area contributed by atoms with Gasteiger partial charge in [-0.05, 0) is 94.2 Å². The highest BCUT2D eigenvalue weighted by molar-refractivity contribution is 5.94. The van der Waals surface area contributed by atoms with Crippen LogP contribution in [-0.4, -0.2) is 83.7 Å². The van der Waals surface area contributed by atoms with Crippen LogP contribution >= 0.6 is 0 Å². The molecule has 2 aliphatic heterocycles. The van der Waals surface area contributed by atoms with Gasteiger partial charge in [-0.1, -0.05) is 42.3 Å². The first kappa shape index (κ1) is 30.6. The number of alkyl halides is 3. The molecule has 7 rings (SSSR count). The maximum absolute atomic E-state index is 13.5. The number of ether oxygens (including phenoxy) is 1. The molecule has 5 atom stereocenters. The van der Waals surface area contributed by atoms with Gasteiger partial charge in [-0.3, -0.25) is 9.69 Å². The molecule has 2 fully saturated rings. The first-order valence-corrected chi connectivity index (χ1v) is 15.9. The highest BCUT2D eigenvalue weighted by Gasteiger charge is 2.74. The molecule has 0 radical (unpaired) electrons. The topological polar surface area (TPSA) is 56.2 Å². The Morgan fingerprint density at radius 3 is 2.48 bits per heavy atom. The largest absolute Gasteiger partial charge is 0.504 e. The van der Waals surface area contributed by atoms with E-state index in [1.807, 2.05) is 12.1 Å². The number of amides is 1. The summed E-state index contributed by atoms with van der Waals surface area (Å²) >= 11 is 0. The molecule has 1 saturated heterocycles. The summed E-state index contributed by atoms with van der Waals surface area (Å²) in [5.74, 6) is 5.65. The Morgan fingerprint density at radius 1 is 1.04 bits per heavy atom. The third kappa shape index (κ3) is 4.52. The number of aromatic hydroxyl groups is 1. The smallest absolute Gasteiger partial charge is 0.416 e. The third-order valence-electron chi connectivity index (χ3n) is 11.2. The van der Waals surface area contributed by atoms with Crippen LogP contribution in [0, 0.1) is 11.8 Å². The van der Waals surface area contributed by atoms with Gasteiger partial charge >= 0.3 is 6.18 Å². The number of likely N-dealkylation sites (N-methyl/N-ethyl adjacent to an activating group) is 2. The summed E-state index contributed by atoms with van der Waals surface area (Å²) in [6, 6.07) is 18.8. The fraction of sp³-hybridized carbons (Fsp3) is 0.432. The van der Waals surface area contributed by atoms with E-state index in [4.69, 9.17) is 4.74 Å². The highest BCUT2D eigenvalue weighted by atomic mass is 19.4. The summed E-state index contributed by atoms with van der Waals surface area (Å²) in [6.45, 7) is 1.81. The van der Waals surface area contributed by atoms with E-state index in [1.54, 1.807) is 18.0 Å². The number of phenols is 1. The number of carbonyl (C=O) groups excluding carboxylic acids is 1. The lowest BCUT2D eigenvalue weighted by molar-refractivity contribution is -0.159. The zero-order chi connectivity index (χ0) is 32.4. The predicted octanol–water partition coefficient (Wildman–Crippen LogP) is 5.26. The maximum atomic E-state index is 13.5. The minimum atomic E-state index is -4.44. The Balaban J connectivity index is 1.22. The van der Waals surface area contributed by atoms with Crippen LogP contribution < -0.4 is 4.74 Å². The average molecular weight is 630 g/mol. The van der Waals surface area contributed by atoms with Gasteiger partial charge < -0.3 is 19.6 Å². The van der Waals surface area contributed by atoms with E-state index in [0.29, 0.717) is 17.7 Å². The Morgan fingerprint density at radius 2 is 1.78 bits per heavy atom. The lowest BCUT2D eigenvalue weighted by atomic mass is 9.46. The van der Waals surface area contributed by atoms with Crippen molar-refractivity contribution in [2.75, 3.05) is 34.2 Å². The van der Waals surface area contributed by atoms with E-state index in [0.717, 1.165) is 56.5 Å². The monoisotopic (exact) mass is 629 g/mol. The molecule has 6 nitrogen and oxygen atoms in total. The first-order valence-electron chi connectivity index (χ1n) is 15.9. The number of halogens is 3. The van der Waals surface area contributed by atoms with Gasteiger partial charge in [-0.15, -0.1) is 0 Å². The molecule has 240 valence electrons. The normalized spacial score (nSPS) is 27.8. The summed E-state index contributed by atoms with van der Waals surface area (Å²) in [5, 5.41) is 11.1. The zero-order valence-electron chi connectivity index (χ0n) is 26.3. The molecule has 3 aromatic carbocycles. The molecule has 9 heteroatoms. The van der Waals surface area contributed by atoms with Gasteiger partial charge in [0, 0.05) is 42.2 Å². The number of hydrogen-bond donors (Lipinski definition) is 1. The molecule has 3 aromatic rings. The molecule has 2 bridgehead atoms. The molecule has 1 spiro atoms. The molecule has 1 saturated carbocycles. The molecule has 2 aliphatic carbocycles. The van der Waals surface area contributed by atoms with E-state index < -0.39 is 29.2 Å². The summed E-state index contributed by atoms with van der Waals surface area (Å²) < 4.78 is 45.8. The Labute approximate surface area is 267 Å². The van der Waals surface area contributed by atoms with Crippen LogP contribution in [0.15, 0.2) is 66.7 Å². The van der Waals surface area contributed by atoms with E-state index in [1.165, 1.54) is 23.3 Å². The number of nitrogens with zero attached hydrogens (tertiary/aromatic N) is 3. The van der Waals surface area contributed by atoms with Gasteiger partial charge in [0.25, 0.3) is 5.91 Å². The van der Waals surface area contributed by atoms with Crippen molar-refractivity contribution in [3.8, 4) is 23.3 Å². The third-order valence-corrected chi connectivity index (χ3v) is 11.2. The molecule has 0 aromatic heterocycles. The number of hydrogen-bond acceptors (Lipinski definition) is 5. The van der Waals surface area contributed by atoms with E-state index >= 15 is 0 Å². The van der Waals surface area contributed by atoms with Crippen LogP contribution in [0.2, 0.25) is 0 Å². The standard InChI is InChI=1S/C37H38F3N3O3/c1-41(2)36-19-17-28(42(3)31(45)16-11-25-9-13-27(14-10-25)37(38,39)40)34-35(36)20-22-43(21-18-24-7-5-4-6-8-24)30(36)23-26-12-15-29(44)33(46-34)32(26)35/h4-10,12-15,28,30,34,44H,17-23H2,1-3H3/t28-,30+,34-,35-,36+/m0/s1. The van der Waals surface area contributed by atoms with Crippen LogP contribution in [0.3, 0.4) is 0 Å². The second-order valence-corrected chi connectivity index (χ2v) is 13.4. The molecule has 4 aliphatic rings. The minimum absolute atomic E-state index is 0.120. The Hall–Kier alpha value is -4.00. The number of carbonyl (C=O) groups is 1. The van der Waals surface area contributed by atoms with E-state index in [9.17, 15) is 23.1 Å². The van der Waals surface area contributed by atoms with Crippen LogP contribution in [0.5, 0.6) is 11.5 Å². The molecular weight excluding hydrogens is 591 g/mol. The van der Waals surface area contributed by atoms with E-state index in [-0.39, 0.29) is 23.4 Å². The first-order chi connectivity index (χ1) is 22.0. The van der Waals surface area contributed by atoms with Crippen molar-refractivity contribution in [2.24, 2.45) is 0 Å². The zero-order valence-corrected chi connectivity index (χ0v) is 26.3. The fourth-order valence-corrected chi connectivity index (χ4v) is 9.21. The lowest BCUT2D eigenvalue weighted by Gasteiger charge is -2.69. The number of phenolic OH excluding ortho intramolecular Hbond substituents is 1. The highest BCUT2D eigenvalue weighted by Crippen LogP contribution is 2.67. The molecule has 2 heterocycles. The maximum Gasteiger partial charge on any atom is 0.416 e. The van der Waals surface area contributed by atoms with Gasteiger partial charge in [-0.2, -0.15) is 13.2 Å². The van der Waals surface area contributed by atoms with Crippen LogP contribution in [-0.2, 0) is 29.2 Å². The molecule has 1 amide bonds. The van der Waals surface area contributed by atoms with E-state index in [2.05, 4.69) is 60.0 Å². The van der Waals surface area contributed by atoms with Crippen molar-refractivity contribution < 1.29 is 27.8 Å². The summed E-state index contributed by atoms with van der Waals surface area (Å²) in [4.78, 5) is 20.2. The van der Waals surface area contributed by atoms with Crippen molar-refractivity contribution in [3.05, 3.63) is 94.5 Å². The lowest BCUT2D eigenvalue weighted by Crippen LogP contribution is -2.82. The van der Waals surface area contributed by atoms with Gasteiger partial charge in [-0.25, -0.2) is 0 Å².